The number of rotatable bonds is 13. The van der Waals surface area contributed by atoms with Crippen LogP contribution in [0.3, 0.4) is 0 Å². The van der Waals surface area contributed by atoms with Gasteiger partial charge < -0.3 is 25.0 Å². The lowest BCUT2D eigenvalue weighted by Gasteiger charge is -2.31. The van der Waals surface area contributed by atoms with Crippen LogP contribution in [-0.4, -0.2) is 60.6 Å². The van der Waals surface area contributed by atoms with Crippen molar-refractivity contribution in [2.75, 3.05) is 19.7 Å². The predicted octanol–water partition coefficient (Wildman–Crippen LogP) is 5.35. The molecule has 2 N–H and O–H groups in total. The molecule has 0 aliphatic carbocycles. The Morgan fingerprint density at radius 2 is 1.17 bits per heavy atom. The van der Waals surface area contributed by atoms with Gasteiger partial charge in [-0.25, -0.2) is 9.59 Å². The summed E-state index contributed by atoms with van der Waals surface area (Å²) < 4.78 is 11.3. The molecule has 5 rings (SSSR count). The van der Waals surface area contributed by atoms with Crippen LogP contribution in [0.25, 0.3) is 0 Å². The van der Waals surface area contributed by atoms with Crippen molar-refractivity contribution in [3.63, 3.8) is 0 Å². The molecule has 1 aliphatic heterocycles. The van der Waals surface area contributed by atoms with Crippen molar-refractivity contribution < 1.29 is 28.7 Å². The van der Waals surface area contributed by atoms with Gasteiger partial charge in [-0.1, -0.05) is 109 Å². The van der Waals surface area contributed by atoms with Gasteiger partial charge in [0.15, 0.2) is 0 Å². The number of amides is 3. The Kier molecular flexibility index (Phi) is 12.3. The highest BCUT2D eigenvalue weighted by Gasteiger charge is 2.32. The summed E-state index contributed by atoms with van der Waals surface area (Å²) in [4.78, 5) is 54.3. The topological polar surface area (TPSA) is 114 Å². The average molecular weight is 648 g/mol. The Hall–Kier alpha value is -5.44. The first-order valence-electron chi connectivity index (χ1n) is 16.3. The molecule has 3 amide bonds. The molecule has 1 aliphatic rings. The maximum absolute atomic E-state index is 13.6. The standard InChI is InChI=1S/C39H41N3O6/c43-36(32-19-11-4-12-20-32)40-34(25-29-13-5-1-6-14-29)28-47-38(45)35(26-30-15-7-2-8-16-30)41-37(44)33-21-23-42(24-22-33)39(46)48-27-31-17-9-3-10-18-31/h1-20,33-35H,21-28H2,(H,40,43)(H,41,44)/t34-,35+/m0/s1. The highest BCUT2D eigenvalue weighted by Crippen LogP contribution is 2.19. The third-order valence-corrected chi connectivity index (χ3v) is 8.34. The minimum Gasteiger partial charge on any atom is -0.462 e. The number of ether oxygens (including phenoxy) is 2. The first-order valence-corrected chi connectivity index (χ1v) is 16.3. The van der Waals surface area contributed by atoms with Crippen molar-refractivity contribution >= 4 is 23.9 Å². The van der Waals surface area contributed by atoms with Gasteiger partial charge in [-0.3, -0.25) is 9.59 Å². The maximum atomic E-state index is 13.6. The van der Waals surface area contributed by atoms with E-state index in [0.29, 0.717) is 37.9 Å². The molecule has 0 aromatic heterocycles. The molecule has 48 heavy (non-hydrogen) atoms. The van der Waals surface area contributed by atoms with Gasteiger partial charge in [0.2, 0.25) is 5.91 Å². The summed E-state index contributed by atoms with van der Waals surface area (Å²) in [6.45, 7) is 0.867. The molecule has 0 unspecified atom stereocenters. The van der Waals surface area contributed by atoms with E-state index in [4.69, 9.17) is 9.47 Å². The van der Waals surface area contributed by atoms with Gasteiger partial charge in [0.25, 0.3) is 5.91 Å². The Balaban J connectivity index is 1.19. The van der Waals surface area contributed by atoms with E-state index in [0.717, 1.165) is 16.7 Å². The minimum absolute atomic E-state index is 0.0725. The molecule has 1 heterocycles. The molecule has 248 valence electrons. The van der Waals surface area contributed by atoms with Crippen LogP contribution in [0.15, 0.2) is 121 Å². The lowest BCUT2D eigenvalue weighted by atomic mass is 9.95. The fraction of sp³-hybridized carbons (Fsp3) is 0.282. The number of hydrogen-bond donors (Lipinski definition) is 2. The monoisotopic (exact) mass is 647 g/mol. The van der Waals surface area contributed by atoms with Gasteiger partial charge in [-0.15, -0.1) is 0 Å². The number of nitrogens with zero attached hydrogens (tertiary/aromatic N) is 1. The first-order chi connectivity index (χ1) is 23.4. The number of carbonyl (C=O) groups is 4. The molecule has 0 spiro atoms. The second kappa shape index (κ2) is 17.5. The van der Waals surface area contributed by atoms with Gasteiger partial charge in [-0.2, -0.15) is 0 Å². The van der Waals surface area contributed by atoms with Crippen molar-refractivity contribution in [1.29, 1.82) is 0 Å². The van der Waals surface area contributed by atoms with Crippen LogP contribution < -0.4 is 10.6 Å². The molecule has 0 bridgehead atoms. The van der Waals surface area contributed by atoms with Crippen molar-refractivity contribution in [3.05, 3.63) is 144 Å². The Morgan fingerprint density at radius 3 is 1.75 bits per heavy atom. The minimum atomic E-state index is -0.934. The van der Waals surface area contributed by atoms with Gasteiger partial charge in [0.05, 0.1) is 6.04 Å². The van der Waals surface area contributed by atoms with Crippen LogP contribution in [0.5, 0.6) is 0 Å². The molecule has 9 nitrogen and oxygen atoms in total. The second-order valence-electron chi connectivity index (χ2n) is 11.9. The number of esters is 1. The van der Waals surface area contributed by atoms with Gasteiger partial charge >= 0.3 is 12.1 Å². The lowest BCUT2D eigenvalue weighted by molar-refractivity contribution is -0.149. The van der Waals surface area contributed by atoms with E-state index in [1.165, 1.54) is 0 Å². The van der Waals surface area contributed by atoms with Gasteiger partial charge in [0.1, 0.15) is 19.3 Å². The Labute approximate surface area is 281 Å². The zero-order chi connectivity index (χ0) is 33.6. The molecule has 4 aromatic rings. The highest BCUT2D eigenvalue weighted by atomic mass is 16.6. The van der Waals surface area contributed by atoms with Crippen LogP contribution >= 0.6 is 0 Å². The first kappa shape index (κ1) is 33.9. The van der Waals surface area contributed by atoms with E-state index < -0.39 is 24.1 Å². The number of hydrogen-bond acceptors (Lipinski definition) is 6. The third-order valence-electron chi connectivity index (χ3n) is 8.34. The van der Waals surface area contributed by atoms with Crippen LogP contribution in [-0.2, 0) is 38.5 Å². The second-order valence-corrected chi connectivity index (χ2v) is 11.9. The Morgan fingerprint density at radius 1 is 0.646 bits per heavy atom. The molecule has 1 saturated heterocycles. The summed E-state index contributed by atoms with van der Waals surface area (Å²) in [6, 6.07) is 36.0. The molecular weight excluding hydrogens is 606 g/mol. The summed E-state index contributed by atoms with van der Waals surface area (Å²) in [5.74, 6) is -1.48. The largest absolute Gasteiger partial charge is 0.462 e. The molecule has 1 fully saturated rings. The van der Waals surface area contributed by atoms with Crippen LogP contribution in [0.4, 0.5) is 4.79 Å². The molecule has 0 radical (unpaired) electrons. The van der Waals surface area contributed by atoms with Crippen molar-refractivity contribution in [2.24, 2.45) is 5.92 Å². The summed E-state index contributed by atoms with van der Waals surface area (Å²) in [5.41, 5.74) is 3.26. The third kappa shape index (κ3) is 10.3. The van der Waals surface area contributed by atoms with Gasteiger partial charge in [0, 0.05) is 31.0 Å². The van der Waals surface area contributed by atoms with Crippen molar-refractivity contribution in [2.45, 2.75) is 44.4 Å². The average Bonchev–Trinajstić information content (AvgIpc) is 3.14. The molecule has 9 heteroatoms. The fourth-order valence-electron chi connectivity index (χ4n) is 5.66. The van der Waals surface area contributed by atoms with Crippen molar-refractivity contribution in [3.8, 4) is 0 Å². The highest BCUT2D eigenvalue weighted by molar-refractivity contribution is 5.94. The predicted molar refractivity (Wildman–Crippen MR) is 182 cm³/mol. The number of likely N-dealkylation sites (tertiary alicyclic amines) is 1. The van der Waals surface area contributed by atoms with Crippen LogP contribution in [0, 0.1) is 5.92 Å². The van der Waals surface area contributed by atoms with E-state index >= 15 is 0 Å². The summed E-state index contributed by atoms with van der Waals surface area (Å²) in [7, 11) is 0. The summed E-state index contributed by atoms with van der Waals surface area (Å²) >= 11 is 0. The number of piperidine rings is 1. The molecule has 4 aromatic carbocycles. The van der Waals surface area contributed by atoms with E-state index in [-0.39, 0.29) is 37.4 Å². The van der Waals surface area contributed by atoms with E-state index in [2.05, 4.69) is 10.6 Å². The smallest absolute Gasteiger partial charge is 0.410 e. The van der Waals surface area contributed by atoms with E-state index in [9.17, 15) is 19.2 Å². The lowest BCUT2D eigenvalue weighted by Crippen LogP contribution is -2.49. The van der Waals surface area contributed by atoms with Gasteiger partial charge in [-0.05, 0) is 48.1 Å². The number of benzene rings is 4. The summed E-state index contributed by atoms with van der Waals surface area (Å²) in [6.07, 6.45) is 1.19. The summed E-state index contributed by atoms with van der Waals surface area (Å²) in [5, 5.41) is 5.93. The van der Waals surface area contributed by atoms with Crippen molar-refractivity contribution in [1.82, 2.24) is 15.5 Å². The Bertz CT molecular complexity index is 1610. The van der Waals surface area contributed by atoms with E-state index in [1.54, 1.807) is 29.2 Å². The maximum Gasteiger partial charge on any atom is 0.410 e. The quantitative estimate of drug-likeness (QED) is 0.189. The zero-order valence-electron chi connectivity index (χ0n) is 26.8. The number of carbonyl (C=O) groups excluding carboxylic acids is 4. The fourth-order valence-corrected chi connectivity index (χ4v) is 5.66. The zero-order valence-corrected chi connectivity index (χ0v) is 26.8. The SMILES string of the molecule is O=C(N[C@H](COC(=O)[C@@H](Cc1ccccc1)NC(=O)C1CCN(C(=O)OCc2ccccc2)CC1)Cc1ccccc1)c1ccccc1. The molecule has 2 atom stereocenters. The van der Waals surface area contributed by atoms with Crippen LogP contribution in [0.2, 0.25) is 0 Å². The van der Waals surface area contributed by atoms with E-state index in [1.807, 2.05) is 97.1 Å². The molecular formula is C39H41N3O6. The molecule has 0 saturated carbocycles. The number of nitrogens with one attached hydrogen (secondary N) is 2. The normalized spacial score (nSPS) is 14.3. The van der Waals surface area contributed by atoms with Crippen LogP contribution in [0.1, 0.15) is 39.9 Å².